The molecule has 0 saturated heterocycles. The highest BCUT2D eigenvalue weighted by Crippen LogP contribution is 2.18. The van der Waals surface area contributed by atoms with Gasteiger partial charge in [-0.2, -0.15) is 0 Å². The Morgan fingerprint density at radius 1 is 1.32 bits per heavy atom. The molecule has 3 N–H and O–H groups in total. The lowest BCUT2D eigenvalue weighted by atomic mass is 10.1. The van der Waals surface area contributed by atoms with Crippen LogP contribution in [0.4, 0.5) is 0 Å². The Bertz CT molecular complexity index is 585. The van der Waals surface area contributed by atoms with Crippen LogP contribution >= 0.6 is 11.6 Å². The summed E-state index contributed by atoms with van der Waals surface area (Å²) in [6.07, 6.45) is -0.0919. The average Bonchev–Trinajstić information content (AvgIpc) is 2.48. The minimum absolute atomic E-state index is 0.0656. The molecule has 0 aromatic heterocycles. The molecule has 1 rings (SSSR count). The highest BCUT2D eigenvalue weighted by molar-refractivity contribution is 6.30. The van der Waals surface area contributed by atoms with Crippen molar-refractivity contribution in [1.82, 2.24) is 16.0 Å². The highest BCUT2D eigenvalue weighted by Gasteiger charge is 2.13. The number of guanidine groups is 1. The number of amides is 1. The number of hydrogen-bond donors (Lipinski definition) is 3. The zero-order chi connectivity index (χ0) is 18.9. The Balaban J connectivity index is 2.50. The Morgan fingerprint density at radius 3 is 2.64 bits per heavy atom. The van der Waals surface area contributed by atoms with Gasteiger partial charge in [0.15, 0.2) is 5.96 Å². The number of benzene rings is 1. The van der Waals surface area contributed by atoms with Crippen LogP contribution in [-0.4, -0.2) is 43.1 Å². The van der Waals surface area contributed by atoms with Crippen LogP contribution in [0.25, 0.3) is 0 Å². The van der Waals surface area contributed by atoms with Crippen LogP contribution in [0.1, 0.15) is 34.6 Å². The van der Waals surface area contributed by atoms with Crippen LogP contribution in [0.3, 0.4) is 0 Å². The fraction of sp³-hybridized carbons (Fsp3) is 0.556. The maximum Gasteiger partial charge on any atom is 0.242 e. The zero-order valence-electron chi connectivity index (χ0n) is 15.6. The van der Waals surface area contributed by atoms with Crippen molar-refractivity contribution in [3.63, 3.8) is 0 Å². The molecule has 0 radical (unpaired) electrons. The first-order valence-electron chi connectivity index (χ1n) is 8.45. The van der Waals surface area contributed by atoms with Crippen LogP contribution in [0.15, 0.2) is 29.3 Å². The van der Waals surface area contributed by atoms with E-state index in [-0.39, 0.29) is 24.1 Å². The van der Waals surface area contributed by atoms with Crippen molar-refractivity contribution in [2.24, 2.45) is 4.99 Å². The van der Waals surface area contributed by atoms with Crippen molar-refractivity contribution in [2.45, 2.75) is 46.3 Å². The van der Waals surface area contributed by atoms with Gasteiger partial charge < -0.3 is 20.7 Å². The summed E-state index contributed by atoms with van der Waals surface area (Å²) in [7, 11) is 0. The first-order chi connectivity index (χ1) is 11.7. The van der Waals surface area contributed by atoms with Gasteiger partial charge in [-0.1, -0.05) is 17.7 Å². The molecule has 0 saturated carbocycles. The first kappa shape index (κ1) is 21.1. The summed E-state index contributed by atoms with van der Waals surface area (Å²) in [5.41, 5.74) is -0.266. The molecule has 1 aromatic carbocycles. The van der Waals surface area contributed by atoms with Gasteiger partial charge >= 0.3 is 0 Å². The molecule has 0 aliphatic heterocycles. The smallest absolute Gasteiger partial charge is 0.242 e. The van der Waals surface area contributed by atoms with Crippen molar-refractivity contribution in [3.8, 4) is 5.75 Å². The van der Waals surface area contributed by atoms with Crippen LogP contribution in [0.2, 0.25) is 5.02 Å². The number of halogens is 1. The van der Waals surface area contributed by atoms with Gasteiger partial charge in [-0.15, -0.1) is 0 Å². The summed E-state index contributed by atoms with van der Waals surface area (Å²) < 4.78 is 5.81. The second kappa shape index (κ2) is 10.1. The van der Waals surface area contributed by atoms with Gasteiger partial charge in [0.25, 0.3) is 0 Å². The van der Waals surface area contributed by atoms with Gasteiger partial charge in [0.05, 0.1) is 6.54 Å². The van der Waals surface area contributed by atoms with Crippen LogP contribution in [-0.2, 0) is 4.79 Å². The molecule has 140 valence electrons. The number of ether oxygens (including phenoxy) is 1. The Hall–Kier alpha value is -1.95. The minimum atomic E-state index is -0.266. The molecule has 1 unspecified atom stereocenters. The number of carbonyl (C=O) groups excluding carboxylic acids is 1. The van der Waals surface area contributed by atoms with E-state index in [9.17, 15) is 4.79 Å². The predicted molar refractivity (Wildman–Crippen MR) is 103 cm³/mol. The van der Waals surface area contributed by atoms with E-state index in [2.05, 4.69) is 20.9 Å². The summed E-state index contributed by atoms with van der Waals surface area (Å²) in [6, 6.07) is 7.28. The van der Waals surface area contributed by atoms with E-state index < -0.39 is 0 Å². The maximum absolute atomic E-state index is 11.9. The number of nitrogens with one attached hydrogen (secondary N) is 3. The molecule has 1 atom stereocenters. The molecule has 1 amide bonds. The van der Waals surface area contributed by atoms with Gasteiger partial charge in [-0.25, -0.2) is 4.99 Å². The number of aliphatic imine (C=N–C) groups is 1. The number of carbonyl (C=O) groups is 1. The number of rotatable bonds is 7. The molecule has 0 spiro atoms. The van der Waals surface area contributed by atoms with E-state index in [1.807, 2.05) is 46.8 Å². The molecular formula is C18H29ClN4O2. The fourth-order valence-corrected chi connectivity index (χ4v) is 2.19. The Kier molecular flexibility index (Phi) is 8.55. The summed E-state index contributed by atoms with van der Waals surface area (Å²) in [6.45, 7) is 11.0. The molecule has 7 heteroatoms. The molecule has 0 aliphatic rings. The predicted octanol–water partition coefficient (Wildman–Crippen LogP) is 2.58. The normalized spacial score (nSPS) is 13.1. The maximum atomic E-state index is 11.9. The van der Waals surface area contributed by atoms with Crippen LogP contribution in [0, 0.1) is 0 Å². The molecule has 0 aliphatic carbocycles. The van der Waals surface area contributed by atoms with Gasteiger partial charge in [0.1, 0.15) is 18.4 Å². The van der Waals surface area contributed by atoms with Gasteiger partial charge in [0.2, 0.25) is 5.91 Å². The molecular weight excluding hydrogens is 340 g/mol. The standard InChI is InChI=1S/C18H29ClN4O2/c1-6-20-17(22-12-16(24)23-18(3,4)5)21-11-13(2)25-15-9-7-8-14(19)10-15/h7-10,13H,6,11-12H2,1-5H3,(H,23,24)(H2,20,21,22). The van der Waals surface area contributed by atoms with Crippen molar-refractivity contribution < 1.29 is 9.53 Å². The zero-order valence-corrected chi connectivity index (χ0v) is 16.4. The van der Waals surface area contributed by atoms with Crippen LogP contribution < -0.4 is 20.7 Å². The van der Waals surface area contributed by atoms with Crippen molar-refractivity contribution in [3.05, 3.63) is 29.3 Å². The topological polar surface area (TPSA) is 74.8 Å². The molecule has 0 heterocycles. The fourth-order valence-electron chi connectivity index (χ4n) is 2.01. The van der Waals surface area contributed by atoms with E-state index in [4.69, 9.17) is 16.3 Å². The molecule has 25 heavy (non-hydrogen) atoms. The van der Waals surface area contributed by atoms with Crippen LogP contribution in [0.5, 0.6) is 5.75 Å². The summed E-state index contributed by atoms with van der Waals surface area (Å²) >= 11 is 5.95. The monoisotopic (exact) mass is 368 g/mol. The van der Waals surface area contributed by atoms with Crippen molar-refractivity contribution in [1.29, 1.82) is 0 Å². The van der Waals surface area contributed by atoms with Gasteiger partial charge in [0, 0.05) is 17.1 Å². The van der Waals surface area contributed by atoms with E-state index >= 15 is 0 Å². The second-order valence-corrected chi connectivity index (χ2v) is 7.20. The van der Waals surface area contributed by atoms with Gasteiger partial charge in [-0.3, -0.25) is 4.79 Å². The minimum Gasteiger partial charge on any atom is -0.489 e. The van der Waals surface area contributed by atoms with Crippen molar-refractivity contribution >= 4 is 23.5 Å². The molecule has 1 aromatic rings. The average molecular weight is 369 g/mol. The Labute approximate surface area is 155 Å². The molecule has 0 fully saturated rings. The summed E-state index contributed by atoms with van der Waals surface area (Å²) in [4.78, 5) is 16.2. The molecule has 0 bridgehead atoms. The number of hydrogen-bond acceptors (Lipinski definition) is 3. The second-order valence-electron chi connectivity index (χ2n) is 6.76. The third-order valence-corrected chi connectivity index (χ3v) is 3.16. The van der Waals surface area contributed by atoms with E-state index in [1.54, 1.807) is 12.1 Å². The quantitative estimate of drug-likeness (QED) is 0.511. The largest absolute Gasteiger partial charge is 0.489 e. The first-order valence-corrected chi connectivity index (χ1v) is 8.83. The van der Waals surface area contributed by atoms with E-state index in [0.717, 1.165) is 0 Å². The summed E-state index contributed by atoms with van der Waals surface area (Å²) in [5.74, 6) is 1.18. The lowest BCUT2D eigenvalue weighted by Crippen LogP contribution is -2.44. The van der Waals surface area contributed by atoms with Gasteiger partial charge in [-0.05, 0) is 52.8 Å². The lowest BCUT2D eigenvalue weighted by molar-refractivity contribution is -0.121. The van der Waals surface area contributed by atoms with E-state index in [0.29, 0.717) is 29.8 Å². The Morgan fingerprint density at radius 2 is 2.04 bits per heavy atom. The molecule has 6 nitrogen and oxygen atoms in total. The van der Waals surface area contributed by atoms with E-state index in [1.165, 1.54) is 0 Å². The van der Waals surface area contributed by atoms with Crippen molar-refractivity contribution in [2.75, 3.05) is 19.6 Å². The highest BCUT2D eigenvalue weighted by atomic mass is 35.5. The third-order valence-electron chi connectivity index (χ3n) is 2.93. The summed E-state index contributed by atoms with van der Waals surface area (Å²) in [5, 5.41) is 9.80. The SMILES string of the molecule is CCNC(=NCC(=O)NC(C)(C)C)NCC(C)Oc1cccc(Cl)c1. The lowest BCUT2D eigenvalue weighted by Gasteiger charge is -2.20. The third kappa shape index (κ3) is 9.82. The number of nitrogens with zero attached hydrogens (tertiary/aromatic N) is 1.